The highest BCUT2D eigenvalue weighted by molar-refractivity contribution is 5.93. The van der Waals surface area contributed by atoms with Crippen LogP contribution in [0.15, 0.2) is 42.6 Å². The summed E-state index contributed by atoms with van der Waals surface area (Å²) in [4.78, 5) is 22.0. The summed E-state index contributed by atoms with van der Waals surface area (Å²) in [6.45, 7) is 3.20. The lowest BCUT2D eigenvalue weighted by molar-refractivity contribution is -0.134. The number of benzene rings is 1. The Bertz CT molecular complexity index is 429. The molecule has 1 amide bonds. The molecule has 0 saturated heterocycles. The summed E-state index contributed by atoms with van der Waals surface area (Å²) in [5.74, 6) is -1.83. The molecule has 0 aliphatic carbocycles. The number of hydrogen-bond acceptors (Lipinski definition) is 3. The third kappa shape index (κ3) is 4.08. The molecule has 1 atom stereocenters. The van der Waals surface area contributed by atoms with Crippen LogP contribution in [0.5, 0.6) is 0 Å². The van der Waals surface area contributed by atoms with Crippen molar-refractivity contribution < 1.29 is 14.7 Å². The quantitative estimate of drug-likeness (QED) is 0.638. The number of carboxylic acids is 1. The lowest BCUT2D eigenvalue weighted by Gasteiger charge is -2.11. The van der Waals surface area contributed by atoms with Crippen molar-refractivity contribution in [2.45, 2.75) is 12.5 Å². The van der Waals surface area contributed by atoms with Gasteiger partial charge >= 0.3 is 5.97 Å². The Hall–Kier alpha value is -2.14. The lowest BCUT2D eigenvalue weighted by atomic mass is 10.1. The van der Waals surface area contributed by atoms with Crippen molar-refractivity contribution in [3.8, 4) is 0 Å². The molecule has 90 valence electrons. The maximum Gasteiger partial charge on any atom is 0.351 e. The lowest BCUT2D eigenvalue weighted by Crippen LogP contribution is -2.42. The van der Waals surface area contributed by atoms with Crippen molar-refractivity contribution in [1.29, 1.82) is 0 Å². The Morgan fingerprint density at radius 2 is 1.94 bits per heavy atom. The first-order valence-corrected chi connectivity index (χ1v) is 5.03. The van der Waals surface area contributed by atoms with Crippen LogP contribution in [0.4, 0.5) is 0 Å². The summed E-state index contributed by atoms with van der Waals surface area (Å²) in [6, 6.07) is 8.44. The molecule has 5 nitrogen and oxygen atoms in total. The van der Waals surface area contributed by atoms with Crippen LogP contribution in [-0.4, -0.2) is 23.0 Å². The minimum atomic E-state index is -1.27. The molecule has 1 aromatic rings. The van der Waals surface area contributed by atoms with E-state index in [2.05, 4.69) is 11.9 Å². The second-order valence-corrected chi connectivity index (χ2v) is 3.57. The van der Waals surface area contributed by atoms with Crippen LogP contribution in [-0.2, 0) is 16.0 Å². The molecule has 5 heteroatoms. The molecule has 0 unspecified atom stereocenters. The van der Waals surface area contributed by atoms with Gasteiger partial charge in [0.15, 0.2) is 0 Å². The molecular formula is C12H14N2O3. The van der Waals surface area contributed by atoms with Gasteiger partial charge in [0, 0.05) is 0 Å². The van der Waals surface area contributed by atoms with Gasteiger partial charge in [0.05, 0.1) is 6.04 Å². The van der Waals surface area contributed by atoms with Crippen LogP contribution in [0, 0.1) is 0 Å². The molecule has 0 heterocycles. The number of carbonyl (C=O) groups excluding carboxylic acids is 1. The number of nitrogens with two attached hydrogens (primary N) is 1. The van der Waals surface area contributed by atoms with E-state index < -0.39 is 17.9 Å². The Morgan fingerprint density at radius 1 is 1.35 bits per heavy atom. The maximum absolute atomic E-state index is 11.5. The third-order valence-corrected chi connectivity index (χ3v) is 2.17. The summed E-state index contributed by atoms with van der Waals surface area (Å²) in [7, 11) is 0. The first-order chi connectivity index (χ1) is 8.00. The molecule has 4 N–H and O–H groups in total. The number of hydrogen-bond donors (Lipinski definition) is 3. The topological polar surface area (TPSA) is 92.4 Å². The second-order valence-electron chi connectivity index (χ2n) is 3.57. The van der Waals surface area contributed by atoms with Gasteiger partial charge in [-0.25, -0.2) is 4.79 Å². The Morgan fingerprint density at radius 3 is 2.47 bits per heavy atom. The number of nitrogens with one attached hydrogen (secondary N) is 1. The van der Waals surface area contributed by atoms with Crippen molar-refractivity contribution in [1.82, 2.24) is 5.32 Å². The van der Waals surface area contributed by atoms with Crippen molar-refractivity contribution in [3.63, 3.8) is 0 Å². The van der Waals surface area contributed by atoms with Gasteiger partial charge in [-0.05, 0) is 12.0 Å². The van der Waals surface area contributed by atoms with Crippen LogP contribution in [0.1, 0.15) is 5.56 Å². The van der Waals surface area contributed by atoms with Gasteiger partial charge in [0.2, 0.25) is 5.91 Å². The molecular weight excluding hydrogens is 220 g/mol. The highest BCUT2D eigenvalue weighted by Crippen LogP contribution is 2.02. The fraction of sp³-hybridized carbons (Fsp3) is 0.167. The van der Waals surface area contributed by atoms with E-state index in [-0.39, 0.29) is 5.70 Å². The zero-order valence-corrected chi connectivity index (χ0v) is 9.22. The zero-order chi connectivity index (χ0) is 12.8. The van der Waals surface area contributed by atoms with E-state index in [1.54, 1.807) is 0 Å². The second kappa shape index (κ2) is 5.81. The minimum Gasteiger partial charge on any atom is -0.477 e. The van der Waals surface area contributed by atoms with Gasteiger partial charge in [-0.1, -0.05) is 36.9 Å². The van der Waals surface area contributed by atoms with Gasteiger partial charge in [-0.15, -0.1) is 0 Å². The summed E-state index contributed by atoms with van der Waals surface area (Å²) < 4.78 is 0. The van der Waals surface area contributed by atoms with Gasteiger partial charge in [0.25, 0.3) is 0 Å². The first-order valence-electron chi connectivity index (χ1n) is 5.03. The summed E-state index contributed by atoms with van der Waals surface area (Å²) in [5, 5.41) is 10.7. The Balaban J connectivity index is 2.53. The predicted molar refractivity (Wildman–Crippen MR) is 63.0 cm³/mol. The van der Waals surface area contributed by atoms with Gasteiger partial charge < -0.3 is 16.2 Å². The molecule has 1 rings (SSSR count). The van der Waals surface area contributed by atoms with Crippen LogP contribution < -0.4 is 11.1 Å². The number of rotatable bonds is 5. The summed E-state index contributed by atoms with van der Waals surface area (Å²) in [6.07, 6.45) is 0.347. The number of aliphatic carboxylic acids is 1. The average Bonchev–Trinajstić information content (AvgIpc) is 2.29. The van der Waals surface area contributed by atoms with E-state index in [1.807, 2.05) is 30.3 Å². The normalized spacial score (nSPS) is 11.6. The van der Waals surface area contributed by atoms with Crippen LogP contribution >= 0.6 is 0 Å². The predicted octanol–water partition coefficient (Wildman–Crippen LogP) is 0.271. The monoisotopic (exact) mass is 234 g/mol. The van der Waals surface area contributed by atoms with Gasteiger partial charge in [-0.3, -0.25) is 4.79 Å². The smallest absolute Gasteiger partial charge is 0.351 e. The van der Waals surface area contributed by atoms with E-state index in [1.165, 1.54) is 0 Å². The third-order valence-electron chi connectivity index (χ3n) is 2.17. The maximum atomic E-state index is 11.5. The highest BCUT2D eigenvalue weighted by Gasteiger charge is 2.16. The molecule has 0 bridgehead atoms. The summed E-state index contributed by atoms with van der Waals surface area (Å²) >= 11 is 0. The van der Waals surface area contributed by atoms with Crippen molar-refractivity contribution in [2.75, 3.05) is 0 Å². The fourth-order valence-electron chi connectivity index (χ4n) is 1.26. The number of amides is 1. The molecule has 0 fully saturated rings. The molecule has 0 aliphatic rings. The first kappa shape index (κ1) is 12.9. The Kier molecular flexibility index (Phi) is 4.42. The van der Waals surface area contributed by atoms with Crippen LogP contribution in [0.2, 0.25) is 0 Å². The van der Waals surface area contributed by atoms with Gasteiger partial charge in [0.1, 0.15) is 5.70 Å². The summed E-state index contributed by atoms with van der Waals surface area (Å²) in [5.41, 5.74) is 6.19. The van der Waals surface area contributed by atoms with Crippen LogP contribution in [0.3, 0.4) is 0 Å². The Labute approximate surface area is 98.9 Å². The molecule has 0 aromatic heterocycles. The SMILES string of the molecule is C=C(NC(=O)[C@@H](N)Cc1ccccc1)C(=O)O. The number of carbonyl (C=O) groups is 2. The molecule has 17 heavy (non-hydrogen) atoms. The highest BCUT2D eigenvalue weighted by atomic mass is 16.4. The van der Waals surface area contributed by atoms with E-state index in [0.29, 0.717) is 6.42 Å². The average molecular weight is 234 g/mol. The van der Waals surface area contributed by atoms with Crippen molar-refractivity contribution in [2.24, 2.45) is 5.73 Å². The standard InChI is InChI=1S/C12H14N2O3/c1-8(12(16)17)14-11(15)10(13)7-9-5-3-2-4-6-9/h2-6,10H,1,7,13H2,(H,14,15)(H,16,17)/t10-/m0/s1. The van der Waals surface area contributed by atoms with E-state index in [0.717, 1.165) is 5.56 Å². The van der Waals surface area contributed by atoms with E-state index >= 15 is 0 Å². The van der Waals surface area contributed by atoms with Crippen molar-refractivity contribution in [3.05, 3.63) is 48.2 Å². The zero-order valence-electron chi connectivity index (χ0n) is 9.22. The molecule has 0 radical (unpaired) electrons. The van der Waals surface area contributed by atoms with E-state index in [4.69, 9.17) is 10.8 Å². The number of carboxylic acid groups (broad SMARTS) is 1. The molecule has 0 spiro atoms. The van der Waals surface area contributed by atoms with Crippen molar-refractivity contribution >= 4 is 11.9 Å². The largest absolute Gasteiger partial charge is 0.477 e. The minimum absolute atomic E-state index is 0.347. The van der Waals surface area contributed by atoms with E-state index in [9.17, 15) is 9.59 Å². The fourth-order valence-corrected chi connectivity index (χ4v) is 1.26. The molecule has 0 aliphatic heterocycles. The van der Waals surface area contributed by atoms with Crippen LogP contribution in [0.25, 0.3) is 0 Å². The molecule has 0 saturated carbocycles. The molecule has 1 aromatic carbocycles. The van der Waals surface area contributed by atoms with Gasteiger partial charge in [-0.2, -0.15) is 0 Å².